The Hall–Kier alpha value is -0.860. The molecule has 0 fully saturated rings. The number of hydrogen-bond acceptors (Lipinski definition) is 2. The molecule has 0 aliphatic rings. The van der Waals surface area contributed by atoms with Crippen molar-refractivity contribution in [2.24, 2.45) is 5.73 Å². The molecule has 0 bridgehead atoms. The maximum absolute atomic E-state index is 5.99. The highest BCUT2D eigenvalue weighted by Gasteiger charge is 2.07. The molecule has 1 rings (SSSR count). The molecule has 0 saturated carbocycles. The molecule has 0 aromatic heterocycles. The molecular formula is C12H20N2. The van der Waals surface area contributed by atoms with Crippen molar-refractivity contribution in [3.8, 4) is 0 Å². The van der Waals surface area contributed by atoms with E-state index in [9.17, 15) is 0 Å². The van der Waals surface area contributed by atoms with E-state index < -0.39 is 0 Å². The van der Waals surface area contributed by atoms with Gasteiger partial charge in [-0.25, -0.2) is 0 Å². The van der Waals surface area contributed by atoms with Crippen molar-refractivity contribution >= 4 is 0 Å². The monoisotopic (exact) mass is 192 g/mol. The maximum atomic E-state index is 5.99. The Balaban J connectivity index is 2.83. The lowest BCUT2D eigenvalue weighted by Crippen LogP contribution is -2.27. The van der Waals surface area contributed by atoms with Gasteiger partial charge in [-0.2, -0.15) is 0 Å². The average molecular weight is 192 g/mol. The van der Waals surface area contributed by atoms with E-state index in [1.807, 2.05) is 19.0 Å². The molecule has 0 saturated heterocycles. The lowest BCUT2D eigenvalue weighted by Gasteiger charge is -2.20. The van der Waals surface area contributed by atoms with Gasteiger partial charge in [-0.1, -0.05) is 38.1 Å². The molecule has 0 aliphatic heterocycles. The van der Waals surface area contributed by atoms with E-state index in [1.165, 1.54) is 11.1 Å². The first kappa shape index (κ1) is 11.2. The second-order valence-corrected chi connectivity index (χ2v) is 4.23. The Kier molecular flexibility index (Phi) is 3.67. The van der Waals surface area contributed by atoms with E-state index in [0.29, 0.717) is 5.92 Å². The van der Waals surface area contributed by atoms with Crippen LogP contribution in [0.15, 0.2) is 24.3 Å². The van der Waals surface area contributed by atoms with Crippen LogP contribution in [0, 0.1) is 0 Å². The number of nitrogens with two attached hydrogens (primary N) is 1. The Morgan fingerprint density at radius 3 is 1.79 bits per heavy atom. The summed E-state index contributed by atoms with van der Waals surface area (Å²) < 4.78 is 0. The van der Waals surface area contributed by atoms with Crippen LogP contribution >= 0.6 is 0 Å². The molecule has 1 unspecified atom stereocenters. The lowest BCUT2D eigenvalue weighted by molar-refractivity contribution is 0.307. The third-order valence-corrected chi connectivity index (χ3v) is 2.50. The van der Waals surface area contributed by atoms with Crippen LogP contribution in [0.5, 0.6) is 0 Å². The molecule has 0 amide bonds. The van der Waals surface area contributed by atoms with E-state index in [2.05, 4.69) is 38.1 Å². The van der Waals surface area contributed by atoms with Gasteiger partial charge in [0.05, 0.1) is 6.17 Å². The van der Waals surface area contributed by atoms with Crippen molar-refractivity contribution in [3.63, 3.8) is 0 Å². The summed E-state index contributed by atoms with van der Waals surface area (Å²) in [5, 5.41) is 0. The molecular weight excluding hydrogens is 172 g/mol. The predicted molar refractivity (Wildman–Crippen MR) is 61.1 cm³/mol. The Morgan fingerprint density at radius 2 is 1.43 bits per heavy atom. The Bertz CT molecular complexity index is 275. The summed E-state index contributed by atoms with van der Waals surface area (Å²) >= 11 is 0. The van der Waals surface area contributed by atoms with Crippen LogP contribution < -0.4 is 5.73 Å². The van der Waals surface area contributed by atoms with Gasteiger partial charge in [0.15, 0.2) is 0 Å². The summed E-state index contributed by atoms with van der Waals surface area (Å²) in [7, 11) is 3.97. The minimum Gasteiger partial charge on any atom is -0.312 e. The van der Waals surface area contributed by atoms with Crippen LogP contribution in [0.2, 0.25) is 0 Å². The standard InChI is InChI=1S/C12H20N2/c1-9(2)10-5-7-11(8-6-10)12(13)14(3)4/h5-9,12H,13H2,1-4H3. The Labute approximate surface area is 86.7 Å². The highest BCUT2D eigenvalue weighted by molar-refractivity contribution is 5.26. The van der Waals surface area contributed by atoms with Crippen molar-refractivity contribution in [2.75, 3.05) is 14.1 Å². The smallest absolute Gasteiger partial charge is 0.0830 e. The van der Waals surface area contributed by atoms with Gasteiger partial charge >= 0.3 is 0 Å². The quantitative estimate of drug-likeness (QED) is 0.745. The molecule has 2 heteroatoms. The molecule has 1 aromatic carbocycles. The van der Waals surface area contributed by atoms with E-state index in [1.54, 1.807) is 0 Å². The van der Waals surface area contributed by atoms with Crippen LogP contribution in [0.1, 0.15) is 37.1 Å². The molecule has 0 heterocycles. The molecule has 78 valence electrons. The van der Waals surface area contributed by atoms with Crippen LogP contribution in [-0.4, -0.2) is 19.0 Å². The lowest BCUT2D eigenvalue weighted by atomic mass is 10.0. The summed E-state index contributed by atoms with van der Waals surface area (Å²) in [5.41, 5.74) is 8.52. The normalized spacial score (nSPS) is 13.6. The second kappa shape index (κ2) is 4.58. The van der Waals surface area contributed by atoms with Crippen molar-refractivity contribution in [1.29, 1.82) is 0 Å². The molecule has 0 aliphatic carbocycles. The molecule has 14 heavy (non-hydrogen) atoms. The average Bonchev–Trinajstić information content (AvgIpc) is 2.16. The van der Waals surface area contributed by atoms with E-state index in [0.717, 1.165) is 0 Å². The van der Waals surface area contributed by atoms with Crippen LogP contribution in [0.4, 0.5) is 0 Å². The van der Waals surface area contributed by atoms with Crippen LogP contribution in [0.25, 0.3) is 0 Å². The fourth-order valence-corrected chi connectivity index (χ4v) is 1.38. The zero-order chi connectivity index (χ0) is 10.7. The van der Waals surface area contributed by atoms with Crippen molar-refractivity contribution in [2.45, 2.75) is 25.9 Å². The van der Waals surface area contributed by atoms with Gasteiger partial charge in [-0.3, -0.25) is 4.90 Å². The fourth-order valence-electron chi connectivity index (χ4n) is 1.38. The van der Waals surface area contributed by atoms with E-state index in [-0.39, 0.29) is 6.17 Å². The van der Waals surface area contributed by atoms with Crippen molar-refractivity contribution < 1.29 is 0 Å². The molecule has 0 spiro atoms. The van der Waals surface area contributed by atoms with Crippen LogP contribution in [0.3, 0.4) is 0 Å². The molecule has 2 nitrogen and oxygen atoms in total. The maximum Gasteiger partial charge on any atom is 0.0830 e. The first-order valence-corrected chi connectivity index (χ1v) is 5.04. The van der Waals surface area contributed by atoms with Gasteiger partial charge in [-0.05, 0) is 31.1 Å². The number of benzene rings is 1. The zero-order valence-electron chi connectivity index (χ0n) is 9.49. The van der Waals surface area contributed by atoms with Gasteiger partial charge < -0.3 is 5.73 Å². The van der Waals surface area contributed by atoms with E-state index >= 15 is 0 Å². The summed E-state index contributed by atoms with van der Waals surface area (Å²) in [6, 6.07) is 8.53. The molecule has 1 atom stereocenters. The van der Waals surface area contributed by atoms with Crippen molar-refractivity contribution in [1.82, 2.24) is 4.90 Å². The zero-order valence-corrected chi connectivity index (χ0v) is 9.49. The fraction of sp³-hybridized carbons (Fsp3) is 0.500. The largest absolute Gasteiger partial charge is 0.312 e. The molecule has 2 N–H and O–H groups in total. The van der Waals surface area contributed by atoms with Crippen molar-refractivity contribution in [3.05, 3.63) is 35.4 Å². The van der Waals surface area contributed by atoms with Gasteiger partial charge in [0, 0.05) is 0 Å². The van der Waals surface area contributed by atoms with Gasteiger partial charge in [0.2, 0.25) is 0 Å². The van der Waals surface area contributed by atoms with E-state index in [4.69, 9.17) is 5.73 Å². The van der Waals surface area contributed by atoms with Gasteiger partial charge in [0.25, 0.3) is 0 Å². The first-order valence-electron chi connectivity index (χ1n) is 5.04. The highest BCUT2D eigenvalue weighted by Crippen LogP contribution is 2.18. The third-order valence-electron chi connectivity index (χ3n) is 2.50. The summed E-state index contributed by atoms with van der Waals surface area (Å²) in [5.74, 6) is 0.583. The minimum atomic E-state index is -0.00351. The molecule has 1 aromatic rings. The summed E-state index contributed by atoms with van der Waals surface area (Å²) in [6.45, 7) is 4.39. The minimum absolute atomic E-state index is 0.00351. The van der Waals surface area contributed by atoms with Crippen LogP contribution in [-0.2, 0) is 0 Å². The van der Waals surface area contributed by atoms with Gasteiger partial charge in [-0.15, -0.1) is 0 Å². The second-order valence-electron chi connectivity index (χ2n) is 4.23. The molecule has 0 radical (unpaired) electrons. The Morgan fingerprint density at radius 1 is 1.00 bits per heavy atom. The summed E-state index contributed by atoms with van der Waals surface area (Å²) in [4.78, 5) is 2.00. The number of rotatable bonds is 3. The number of nitrogens with zero attached hydrogens (tertiary/aromatic N) is 1. The SMILES string of the molecule is CC(C)c1ccc(C(N)N(C)C)cc1. The highest BCUT2D eigenvalue weighted by atomic mass is 15.2. The predicted octanol–water partition coefficient (Wildman–Crippen LogP) is 2.33. The first-order chi connectivity index (χ1) is 6.52. The topological polar surface area (TPSA) is 29.3 Å². The number of hydrogen-bond donors (Lipinski definition) is 1. The summed E-state index contributed by atoms with van der Waals surface area (Å²) in [6.07, 6.45) is -0.00351. The van der Waals surface area contributed by atoms with Gasteiger partial charge in [0.1, 0.15) is 0 Å². The third kappa shape index (κ3) is 2.56.